The van der Waals surface area contributed by atoms with Crippen LogP contribution in [0.1, 0.15) is 61.6 Å². The molecule has 1 aliphatic carbocycles. The predicted octanol–water partition coefficient (Wildman–Crippen LogP) is 5.31. The Morgan fingerprint density at radius 1 is 1.00 bits per heavy atom. The molecule has 0 saturated carbocycles. The number of dihydropyridines is 1. The van der Waals surface area contributed by atoms with Crippen molar-refractivity contribution in [2.45, 2.75) is 51.9 Å². The first kappa shape index (κ1) is 21.1. The summed E-state index contributed by atoms with van der Waals surface area (Å²) < 4.78 is 5.51. The fourth-order valence-electron chi connectivity index (χ4n) is 4.64. The van der Waals surface area contributed by atoms with E-state index in [1.165, 1.54) is 5.56 Å². The molecule has 0 amide bonds. The largest absolute Gasteiger partial charge is 0.462 e. The molecule has 0 fully saturated rings. The molecule has 4 rings (SSSR count). The van der Waals surface area contributed by atoms with Gasteiger partial charge in [0.05, 0.1) is 12.2 Å². The first-order valence-corrected chi connectivity index (χ1v) is 11.0. The summed E-state index contributed by atoms with van der Waals surface area (Å²) in [5.74, 6) is -0.506. The van der Waals surface area contributed by atoms with Gasteiger partial charge in [0.25, 0.3) is 0 Å². The molecule has 4 heteroatoms. The Kier molecular flexibility index (Phi) is 6.08. The van der Waals surface area contributed by atoms with Crippen molar-refractivity contribution in [2.24, 2.45) is 0 Å². The molecule has 31 heavy (non-hydrogen) atoms. The number of hydrogen-bond donors (Lipinski definition) is 1. The predicted molar refractivity (Wildman–Crippen MR) is 121 cm³/mol. The van der Waals surface area contributed by atoms with Gasteiger partial charge in [0.2, 0.25) is 0 Å². The average molecular weight is 416 g/mol. The van der Waals surface area contributed by atoms with Crippen LogP contribution >= 0.6 is 0 Å². The quantitative estimate of drug-likeness (QED) is 0.673. The number of ether oxygens (including phenoxy) is 1. The third-order valence-corrected chi connectivity index (χ3v) is 6.17. The van der Waals surface area contributed by atoms with E-state index < -0.39 is 5.92 Å². The summed E-state index contributed by atoms with van der Waals surface area (Å²) in [6, 6.07) is 18.3. The molecule has 2 aromatic carbocycles. The van der Waals surface area contributed by atoms with Gasteiger partial charge < -0.3 is 10.1 Å². The molecule has 1 heterocycles. The van der Waals surface area contributed by atoms with Crippen LogP contribution in [0, 0.1) is 6.92 Å². The third kappa shape index (κ3) is 4.20. The van der Waals surface area contributed by atoms with Crippen molar-refractivity contribution >= 4 is 11.8 Å². The Morgan fingerprint density at radius 3 is 2.39 bits per heavy atom. The lowest BCUT2D eigenvalue weighted by Crippen LogP contribution is -2.36. The van der Waals surface area contributed by atoms with Gasteiger partial charge in [0.1, 0.15) is 0 Å². The fourth-order valence-corrected chi connectivity index (χ4v) is 4.64. The van der Waals surface area contributed by atoms with Crippen molar-refractivity contribution in [2.75, 3.05) is 6.61 Å². The number of carbonyl (C=O) groups excluding carboxylic acids is 2. The van der Waals surface area contributed by atoms with Gasteiger partial charge in [-0.1, -0.05) is 67.1 Å². The monoisotopic (exact) mass is 415 g/mol. The minimum Gasteiger partial charge on any atom is -0.462 e. The smallest absolute Gasteiger partial charge is 0.336 e. The van der Waals surface area contributed by atoms with Crippen LogP contribution in [0.2, 0.25) is 0 Å². The third-order valence-electron chi connectivity index (χ3n) is 6.17. The Hall–Kier alpha value is -3.14. The Labute approximate surface area is 184 Å². The number of benzene rings is 2. The summed E-state index contributed by atoms with van der Waals surface area (Å²) in [5.41, 5.74) is 6.22. The molecule has 160 valence electrons. The van der Waals surface area contributed by atoms with Gasteiger partial charge in [-0.2, -0.15) is 0 Å². The van der Waals surface area contributed by atoms with E-state index in [1.54, 1.807) is 0 Å². The van der Waals surface area contributed by atoms with E-state index >= 15 is 0 Å². The van der Waals surface area contributed by atoms with Crippen molar-refractivity contribution in [1.82, 2.24) is 5.32 Å². The standard InChI is InChI=1S/C27H29NO3/c1-4-14-31-27(30)24-18(3)28-22-15-21(19-8-6-5-7-9-19)16-23(29)26(22)25(24)20-12-10-17(2)11-13-20/h5-13,21,25,28H,4,14-16H2,1-3H3/t21-,25+/m0/s1. The van der Waals surface area contributed by atoms with Gasteiger partial charge in [0, 0.05) is 29.3 Å². The summed E-state index contributed by atoms with van der Waals surface area (Å²) in [4.78, 5) is 26.5. The Morgan fingerprint density at radius 2 is 1.71 bits per heavy atom. The maximum Gasteiger partial charge on any atom is 0.336 e. The van der Waals surface area contributed by atoms with Crippen LogP contribution in [0.5, 0.6) is 0 Å². The Balaban J connectivity index is 1.77. The minimum atomic E-state index is -0.398. The highest BCUT2D eigenvalue weighted by atomic mass is 16.5. The van der Waals surface area contributed by atoms with Gasteiger partial charge in [-0.3, -0.25) is 4.79 Å². The topological polar surface area (TPSA) is 55.4 Å². The van der Waals surface area contributed by atoms with Gasteiger partial charge >= 0.3 is 5.97 Å². The van der Waals surface area contributed by atoms with E-state index in [2.05, 4.69) is 17.4 Å². The lowest BCUT2D eigenvalue weighted by Gasteiger charge is -2.36. The second-order valence-electron chi connectivity index (χ2n) is 8.47. The van der Waals surface area contributed by atoms with Gasteiger partial charge in [0.15, 0.2) is 5.78 Å². The van der Waals surface area contributed by atoms with Crippen LogP contribution < -0.4 is 5.32 Å². The van der Waals surface area contributed by atoms with Crippen molar-refractivity contribution in [3.05, 3.63) is 93.8 Å². The van der Waals surface area contributed by atoms with Crippen LogP contribution in [0.4, 0.5) is 0 Å². The summed E-state index contributed by atoms with van der Waals surface area (Å²) in [6.07, 6.45) is 1.96. The summed E-state index contributed by atoms with van der Waals surface area (Å²) in [6.45, 7) is 6.28. The molecule has 0 radical (unpaired) electrons. The van der Waals surface area contributed by atoms with E-state index in [-0.39, 0.29) is 17.7 Å². The van der Waals surface area contributed by atoms with Crippen LogP contribution in [0.3, 0.4) is 0 Å². The highest BCUT2D eigenvalue weighted by Gasteiger charge is 2.41. The second-order valence-corrected chi connectivity index (χ2v) is 8.47. The van der Waals surface area contributed by atoms with Crippen molar-refractivity contribution in [3.63, 3.8) is 0 Å². The molecule has 0 spiro atoms. The highest BCUT2D eigenvalue weighted by Crippen LogP contribution is 2.45. The van der Waals surface area contributed by atoms with Gasteiger partial charge in [-0.15, -0.1) is 0 Å². The zero-order chi connectivity index (χ0) is 22.0. The number of rotatable bonds is 5. The van der Waals surface area contributed by atoms with Crippen LogP contribution in [0.15, 0.2) is 77.1 Å². The molecule has 0 aromatic heterocycles. The van der Waals surface area contributed by atoms with Crippen LogP contribution in [-0.4, -0.2) is 18.4 Å². The maximum atomic E-state index is 13.5. The molecule has 1 aliphatic heterocycles. The zero-order valence-electron chi connectivity index (χ0n) is 18.4. The van der Waals surface area contributed by atoms with Crippen molar-refractivity contribution < 1.29 is 14.3 Å². The average Bonchev–Trinajstić information content (AvgIpc) is 2.77. The summed E-state index contributed by atoms with van der Waals surface area (Å²) in [7, 11) is 0. The minimum absolute atomic E-state index is 0.0986. The number of carbonyl (C=O) groups is 2. The van der Waals surface area contributed by atoms with E-state index in [0.717, 1.165) is 35.4 Å². The number of allylic oxidation sites excluding steroid dienone is 3. The molecule has 0 bridgehead atoms. The molecule has 1 N–H and O–H groups in total. The van der Waals surface area contributed by atoms with Crippen LogP contribution in [0.25, 0.3) is 0 Å². The number of esters is 1. The van der Waals surface area contributed by atoms with Gasteiger partial charge in [-0.25, -0.2) is 4.79 Å². The normalized spacial score (nSPS) is 20.9. The molecular weight excluding hydrogens is 386 g/mol. The fraction of sp³-hybridized carbons (Fsp3) is 0.333. The first-order chi connectivity index (χ1) is 15.0. The molecule has 2 aliphatic rings. The second kappa shape index (κ2) is 8.93. The molecule has 2 atom stereocenters. The lowest BCUT2D eigenvalue weighted by atomic mass is 9.71. The number of hydrogen-bond acceptors (Lipinski definition) is 4. The molecule has 0 unspecified atom stereocenters. The van der Waals surface area contributed by atoms with E-state index in [0.29, 0.717) is 24.2 Å². The maximum absolute atomic E-state index is 13.5. The lowest BCUT2D eigenvalue weighted by molar-refractivity contribution is -0.139. The SMILES string of the molecule is CCCOC(=O)C1=C(C)NC2=C(C(=O)C[C@@H](c3ccccc3)C2)[C@@H]1c1ccc(C)cc1. The van der Waals surface area contributed by atoms with E-state index in [4.69, 9.17) is 4.74 Å². The highest BCUT2D eigenvalue weighted by molar-refractivity contribution is 6.04. The molecule has 4 nitrogen and oxygen atoms in total. The molecular formula is C27H29NO3. The number of Topliss-reactive ketones (excluding diaryl/α,β-unsaturated/α-hetero) is 1. The molecule has 0 saturated heterocycles. The summed E-state index contributed by atoms with van der Waals surface area (Å²) >= 11 is 0. The Bertz CT molecular complexity index is 1050. The zero-order valence-corrected chi connectivity index (χ0v) is 18.4. The number of nitrogens with one attached hydrogen (secondary N) is 1. The number of aryl methyl sites for hydroxylation is 1. The number of ketones is 1. The summed E-state index contributed by atoms with van der Waals surface area (Å²) in [5, 5.41) is 3.40. The first-order valence-electron chi connectivity index (χ1n) is 11.0. The van der Waals surface area contributed by atoms with Gasteiger partial charge in [-0.05, 0) is 43.7 Å². The van der Waals surface area contributed by atoms with E-state index in [9.17, 15) is 9.59 Å². The van der Waals surface area contributed by atoms with Crippen molar-refractivity contribution in [1.29, 1.82) is 0 Å². The molecule has 2 aromatic rings. The van der Waals surface area contributed by atoms with Crippen molar-refractivity contribution in [3.8, 4) is 0 Å². The van der Waals surface area contributed by atoms with E-state index in [1.807, 2.05) is 63.2 Å². The van der Waals surface area contributed by atoms with Crippen LogP contribution in [-0.2, 0) is 14.3 Å².